The number of benzene rings is 1. The molecule has 2 aromatic rings. The molecule has 0 spiro atoms. The molecule has 0 saturated heterocycles. The molecular formula is C16H17NO5. The van der Waals surface area contributed by atoms with Crippen LogP contribution in [0.15, 0.2) is 47.1 Å². The molecule has 1 aromatic carbocycles. The van der Waals surface area contributed by atoms with E-state index in [4.69, 9.17) is 14.3 Å². The molecule has 0 aliphatic carbocycles. The Labute approximate surface area is 127 Å². The van der Waals surface area contributed by atoms with Crippen LogP contribution in [0.5, 0.6) is 5.75 Å². The fraction of sp³-hybridized carbons (Fsp3) is 0.250. The summed E-state index contributed by atoms with van der Waals surface area (Å²) in [6, 6.07) is 10.9. The fourth-order valence-electron chi connectivity index (χ4n) is 1.85. The first kappa shape index (κ1) is 15.6. The molecule has 0 aliphatic rings. The average Bonchev–Trinajstić information content (AvgIpc) is 2.99. The Balaban J connectivity index is 1.86. The minimum absolute atomic E-state index is 0.0163. The van der Waals surface area contributed by atoms with Gasteiger partial charge in [0.1, 0.15) is 12.4 Å². The normalized spacial score (nSPS) is 10.2. The minimum atomic E-state index is -0.885. The zero-order chi connectivity index (χ0) is 15.8. The second kappa shape index (κ2) is 7.87. The average molecular weight is 303 g/mol. The van der Waals surface area contributed by atoms with Crippen molar-refractivity contribution in [3.63, 3.8) is 0 Å². The van der Waals surface area contributed by atoms with Crippen molar-refractivity contribution in [2.45, 2.75) is 19.4 Å². The molecule has 6 nitrogen and oxygen atoms in total. The second-order valence-electron chi connectivity index (χ2n) is 4.63. The molecule has 0 saturated carbocycles. The highest BCUT2D eigenvalue weighted by atomic mass is 16.5. The zero-order valence-electron chi connectivity index (χ0n) is 12.0. The number of rotatable bonds is 8. The highest BCUT2D eigenvalue weighted by molar-refractivity contribution is 5.92. The molecule has 2 rings (SSSR count). The highest BCUT2D eigenvalue weighted by Gasteiger charge is 2.15. The van der Waals surface area contributed by atoms with Gasteiger partial charge in [-0.1, -0.05) is 18.2 Å². The molecule has 0 bridgehead atoms. The third-order valence-electron chi connectivity index (χ3n) is 2.94. The largest absolute Gasteiger partial charge is 0.489 e. The summed E-state index contributed by atoms with van der Waals surface area (Å²) in [4.78, 5) is 22.4. The van der Waals surface area contributed by atoms with Gasteiger partial charge < -0.3 is 19.6 Å². The molecule has 0 fully saturated rings. The summed E-state index contributed by atoms with van der Waals surface area (Å²) in [5.41, 5.74) is 0.639. The summed E-state index contributed by atoms with van der Waals surface area (Å²) in [6.07, 6.45) is 1.82. The number of carbonyl (C=O) groups is 2. The Bertz CT molecular complexity index is 620. The SMILES string of the molecule is O=C(O)CCCNC(=O)c1occc1COc1ccccc1. The van der Waals surface area contributed by atoms with Crippen molar-refractivity contribution in [2.24, 2.45) is 0 Å². The smallest absolute Gasteiger partial charge is 0.303 e. The molecule has 0 atom stereocenters. The molecule has 0 aliphatic heterocycles. The summed E-state index contributed by atoms with van der Waals surface area (Å²) in [5, 5.41) is 11.2. The monoisotopic (exact) mass is 303 g/mol. The third-order valence-corrected chi connectivity index (χ3v) is 2.94. The number of nitrogens with one attached hydrogen (secondary N) is 1. The van der Waals surface area contributed by atoms with Crippen molar-refractivity contribution in [3.05, 3.63) is 54.0 Å². The van der Waals surface area contributed by atoms with Gasteiger partial charge >= 0.3 is 5.97 Å². The number of carboxylic acids is 1. The van der Waals surface area contributed by atoms with E-state index in [2.05, 4.69) is 5.32 Å². The summed E-state index contributed by atoms with van der Waals surface area (Å²) in [5.74, 6) is -0.367. The van der Waals surface area contributed by atoms with Crippen LogP contribution >= 0.6 is 0 Å². The maximum absolute atomic E-state index is 12.0. The zero-order valence-corrected chi connectivity index (χ0v) is 12.0. The van der Waals surface area contributed by atoms with Gasteiger partial charge in [-0.25, -0.2) is 0 Å². The van der Waals surface area contributed by atoms with Gasteiger partial charge in [-0.3, -0.25) is 9.59 Å². The summed E-state index contributed by atoms with van der Waals surface area (Å²) < 4.78 is 10.8. The van der Waals surface area contributed by atoms with Crippen molar-refractivity contribution in [1.82, 2.24) is 5.32 Å². The number of carbonyl (C=O) groups excluding carboxylic acids is 1. The number of aliphatic carboxylic acids is 1. The summed E-state index contributed by atoms with van der Waals surface area (Å²) in [7, 11) is 0. The summed E-state index contributed by atoms with van der Waals surface area (Å²) >= 11 is 0. The Kier molecular flexibility index (Phi) is 5.59. The fourth-order valence-corrected chi connectivity index (χ4v) is 1.85. The van der Waals surface area contributed by atoms with Crippen LogP contribution in [0.1, 0.15) is 29.0 Å². The molecular weight excluding hydrogens is 286 g/mol. The van der Waals surface area contributed by atoms with E-state index in [9.17, 15) is 9.59 Å². The van der Waals surface area contributed by atoms with Gasteiger partial charge in [0.15, 0.2) is 5.76 Å². The van der Waals surface area contributed by atoms with Crippen LogP contribution in [-0.4, -0.2) is 23.5 Å². The lowest BCUT2D eigenvalue weighted by atomic mass is 10.2. The maximum atomic E-state index is 12.0. The van der Waals surface area contributed by atoms with E-state index in [1.807, 2.05) is 30.3 Å². The summed E-state index contributed by atoms with van der Waals surface area (Å²) in [6.45, 7) is 0.503. The molecule has 6 heteroatoms. The Morgan fingerprint density at radius 2 is 1.95 bits per heavy atom. The van der Waals surface area contributed by atoms with Gasteiger partial charge in [0.25, 0.3) is 5.91 Å². The molecule has 2 N–H and O–H groups in total. The van der Waals surface area contributed by atoms with Gasteiger partial charge in [-0.05, 0) is 24.6 Å². The maximum Gasteiger partial charge on any atom is 0.303 e. The van der Waals surface area contributed by atoms with Gasteiger partial charge in [-0.15, -0.1) is 0 Å². The van der Waals surface area contributed by atoms with Crippen LogP contribution < -0.4 is 10.1 Å². The Morgan fingerprint density at radius 1 is 1.18 bits per heavy atom. The van der Waals surface area contributed by atoms with Crippen molar-refractivity contribution in [3.8, 4) is 5.75 Å². The number of carboxylic acid groups (broad SMARTS) is 1. The van der Waals surface area contributed by atoms with E-state index in [0.717, 1.165) is 0 Å². The first-order valence-electron chi connectivity index (χ1n) is 6.91. The molecule has 116 valence electrons. The van der Waals surface area contributed by atoms with Crippen molar-refractivity contribution in [2.75, 3.05) is 6.54 Å². The minimum Gasteiger partial charge on any atom is -0.489 e. The molecule has 1 aromatic heterocycles. The first-order chi connectivity index (χ1) is 10.7. The van der Waals surface area contributed by atoms with Crippen LogP contribution in [0, 0.1) is 0 Å². The van der Waals surface area contributed by atoms with Crippen molar-refractivity contribution in [1.29, 1.82) is 0 Å². The molecule has 0 radical (unpaired) electrons. The van der Waals surface area contributed by atoms with Gasteiger partial charge in [0.05, 0.1) is 6.26 Å². The number of hydrogen-bond acceptors (Lipinski definition) is 4. The lowest BCUT2D eigenvalue weighted by Gasteiger charge is -2.07. The lowest BCUT2D eigenvalue weighted by molar-refractivity contribution is -0.137. The number of furan rings is 1. The molecule has 1 heterocycles. The van der Waals surface area contributed by atoms with Crippen LogP contribution in [0.2, 0.25) is 0 Å². The molecule has 1 amide bonds. The highest BCUT2D eigenvalue weighted by Crippen LogP contribution is 2.15. The topological polar surface area (TPSA) is 88.8 Å². The van der Waals surface area contributed by atoms with E-state index in [1.54, 1.807) is 6.07 Å². The Hall–Kier alpha value is -2.76. The van der Waals surface area contributed by atoms with Gasteiger partial charge in [0.2, 0.25) is 0 Å². The van der Waals surface area contributed by atoms with Crippen LogP contribution in [-0.2, 0) is 11.4 Å². The van der Waals surface area contributed by atoms with E-state index in [1.165, 1.54) is 6.26 Å². The van der Waals surface area contributed by atoms with Gasteiger partial charge in [0, 0.05) is 18.5 Å². The van der Waals surface area contributed by atoms with E-state index >= 15 is 0 Å². The van der Waals surface area contributed by atoms with Crippen molar-refractivity contribution < 1.29 is 23.8 Å². The Morgan fingerprint density at radius 3 is 2.68 bits per heavy atom. The lowest BCUT2D eigenvalue weighted by Crippen LogP contribution is -2.25. The van der Waals surface area contributed by atoms with Crippen LogP contribution in [0.4, 0.5) is 0 Å². The first-order valence-corrected chi connectivity index (χ1v) is 6.91. The number of hydrogen-bond donors (Lipinski definition) is 2. The number of para-hydroxylation sites is 1. The van der Waals surface area contributed by atoms with Crippen molar-refractivity contribution >= 4 is 11.9 Å². The van der Waals surface area contributed by atoms with E-state index < -0.39 is 5.97 Å². The van der Waals surface area contributed by atoms with Crippen LogP contribution in [0.25, 0.3) is 0 Å². The van der Waals surface area contributed by atoms with Crippen LogP contribution in [0.3, 0.4) is 0 Å². The second-order valence-corrected chi connectivity index (χ2v) is 4.63. The predicted octanol–water partition coefficient (Wildman–Crippen LogP) is 2.45. The predicted molar refractivity (Wildman–Crippen MR) is 78.7 cm³/mol. The molecule has 0 unspecified atom stereocenters. The van der Waals surface area contributed by atoms with E-state index in [0.29, 0.717) is 17.7 Å². The van der Waals surface area contributed by atoms with E-state index in [-0.39, 0.29) is 31.2 Å². The third kappa shape index (κ3) is 4.66. The number of ether oxygens (including phenoxy) is 1. The van der Waals surface area contributed by atoms with Gasteiger partial charge in [-0.2, -0.15) is 0 Å². The number of amides is 1. The quantitative estimate of drug-likeness (QED) is 0.731. The molecule has 22 heavy (non-hydrogen) atoms. The standard InChI is InChI=1S/C16H17NO5/c18-14(19)7-4-9-17-16(20)15-12(8-10-21-15)11-22-13-5-2-1-3-6-13/h1-3,5-6,8,10H,4,7,9,11H2,(H,17,20)(H,18,19).